The van der Waals surface area contributed by atoms with E-state index in [-0.39, 0.29) is 13.1 Å². The van der Waals surface area contributed by atoms with Crippen LogP contribution in [0.4, 0.5) is 24.5 Å². The first-order valence-electron chi connectivity index (χ1n) is 9.57. The number of carbonyl (C=O) groups is 1. The predicted molar refractivity (Wildman–Crippen MR) is 109 cm³/mol. The number of halogens is 3. The van der Waals surface area contributed by atoms with Gasteiger partial charge in [-0.15, -0.1) is 0 Å². The summed E-state index contributed by atoms with van der Waals surface area (Å²) in [7, 11) is 3.81. The highest BCUT2D eigenvalue weighted by molar-refractivity contribution is 5.94. The van der Waals surface area contributed by atoms with Crippen molar-refractivity contribution in [3.8, 4) is 0 Å². The molecule has 1 amide bonds. The van der Waals surface area contributed by atoms with Crippen LogP contribution in [0, 0.1) is 18.8 Å². The standard InChI is InChI=1S/C22H26F3N3O/c1-15-11-17(27(2)3)9-10-20(15)26-21(29)18-13-28(14-19(18)22(23,24)25)12-16-7-5-4-6-8-16/h4-11,18-19H,12-14H2,1-3H3,(H,26,29). The number of hydrogen-bond acceptors (Lipinski definition) is 3. The summed E-state index contributed by atoms with van der Waals surface area (Å²) in [6, 6.07) is 14.8. The first kappa shape index (κ1) is 21.2. The molecule has 0 aliphatic carbocycles. The third kappa shape index (κ3) is 5.09. The zero-order chi connectivity index (χ0) is 21.2. The third-order valence-corrected chi connectivity index (χ3v) is 5.39. The molecule has 1 aliphatic rings. The lowest BCUT2D eigenvalue weighted by Gasteiger charge is -2.21. The van der Waals surface area contributed by atoms with Crippen molar-refractivity contribution in [3.05, 3.63) is 59.7 Å². The highest BCUT2D eigenvalue weighted by atomic mass is 19.4. The molecule has 2 aromatic carbocycles. The lowest BCUT2D eigenvalue weighted by Crippen LogP contribution is -2.36. The van der Waals surface area contributed by atoms with E-state index in [1.54, 1.807) is 11.0 Å². The second kappa shape index (κ2) is 8.45. The minimum Gasteiger partial charge on any atom is -0.378 e. The first-order valence-corrected chi connectivity index (χ1v) is 9.57. The molecule has 1 aliphatic heterocycles. The number of amides is 1. The summed E-state index contributed by atoms with van der Waals surface area (Å²) >= 11 is 0. The van der Waals surface area contributed by atoms with Crippen LogP contribution in [0.15, 0.2) is 48.5 Å². The normalized spacial score (nSPS) is 19.9. The molecule has 0 bridgehead atoms. The number of hydrogen-bond donors (Lipinski definition) is 1. The molecule has 0 radical (unpaired) electrons. The number of alkyl halides is 3. The van der Waals surface area contributed by atoms with Gasteiger partial charge in [-0.3, -0.25) is 9.69 Å². The van der Waals surface area contributed by atoms with Gasteiger partial charge in [-0.05, 0) is 36.2 Å². The molecule has 0 saturated carbocycles. The molecule has 4 nitrogen and oxygen atoms in total. The van der Waals surface area contributed by atoms with E-state index in [0.717, 1.165) is 16.8 Å². The number of carbonyl (C=O) groups excluding carboxylic acids is 1. The van der Waals surface area contributed by atoms with Crippen LogP contribution in [0.25, 0.3) is 0 Å². The Balaban J connectivity index is 1.75. The van der Waals surface area contributed by atoms with Crippen LogP contribution in [-0.4, -0.2) is 44.2 Å². The van der Waals surface area contributed by atoms with Crippen LogP contribution in [0.1, 0.15) is 11.1 Å². The fourth-order valence-corrected chi connectivity index (χ4v) is 3.75. The van der Waals surface area contributed by atoms with E-state index in [0.29, 0.717) is 12.2 Å². The zero-order valence-electron chi connectivity index (χ0n) is 16.8. The van der Waals surface area contributed by atoms with Crippen molar-refractivity contribution < 1.29 is 18.0 Å². The summed E-state index contributed by atoms with van der Waals surface area (Å²) < 4.78 is 40.9. The maximum Gasteiger partial charge on any atom is 0.393 e. The zero-order valence-corrected chi connectivity index (χ0v) is 16.8. The molecular formula is C22H26F3N3O. The van der Waals surface area contributed by atoms with Gasteiger partial charge in [0, 0.05) is 45.1 Å². The largest absolute Gasteiger partial charge is 0.393 e. The number of likely N-dealkylation sites (tertiary alicyclic amines) is 1. The molecule has 1 saturated heterocycles. The maximum atomic E-state index is 13.6. The Bertz CT molecular complexity index is 852. The molecule has 156 valence electrons. The number of nitrogens with zero attached hydrogens (tertiary/aromatic N) is 2. The van der Waals surface area contributed by atoms with Gasteiger partial charge < -0.3 is 10.2 Å². The molecule has 7 heteroatoms. The number of benzene rings is 2. The molecule has 1 N–H and O–H groups in total. The van der Waals surface area contributed by atoms with Crippen molar-refractivity contribution >= 4 is 17.3 Å². The van der Waals surface area contributed by atoms with Gasteiger partial charge in [0.2, 0.25) is 5.91 Å². The highest BCUT2D eigenvalue weighted by Gasteiger charge is 2.52. The Kier molecular flexibility index (Phi) is 6.17. The molecule has 2 aromatic rings. The first-order chi connectivity index (χ1) is 13.6. The van der Waals surface area contributed by atoms with Gasteiger partial charge in [0.05, 0.1) is 11.8 Å². The Hall–Kier alpha value is -2.54. The Morgan fingerprint density at radius 3 is 2.41 bits per heavy atom. The average molecular weight is 405 g/mol. The molecule has 3 rings (SSSR count). The monoisotopic (exact) mass is 405 g/mol. The molecule has 29 heavy (non-hydrogen) atoms. The highest BCUT2D eigenvalue weighted by Crippen LogP contribution is 2.39. The lowest BCUT2D eigenvalue weighted by molar-refractivity contribution is -0.182. The topological polar surface area (TPSA) is 35.6 Å². The fourth-order valence-electron chi connectivity index (χ4n) is 3.75. The van der Waals surface area contributed by atoms with E-state index < -0.39 is 23.9 Å². The molecule has 0 spiro atoms. The Labute approximate surface area is 169 Å². The number of anilines is 2. The Morgan fingerprint density at radius 1 is 1.14 bits per heavy atom. The minimum atomic E-state index is -4.42. The van der Waals surface area contributed by atoms with Gasteiger partial charge in [-0.25, -0.2) is 0 Å². The summed E-state index contributed by atoms with van der Waals surface area (Å²) in [5, 5.41) is 2.72. The number of rotatable bonds is 5. The summed E-state index contributed by atoms with van der Waals surface area (Å²) in [6.07, 6.45) is -4.42. The lowest BCUT2D eigenvalue weighted by atomic mass is 9.94. The van der Waals surface area contributed by atoms with Gasteiger partial charge in [-0.2, -0.15) is 13.2 Å². The van der Waals surface area contributed by atoms with Crippen LogP contribution in [0.5, 0.6) is 0 Å². The molecule has 2 atom stereocenters. The molecule has 1 fully saturated rings. The van der Waals surface area contributed by atoms with Crippen LogP contribution >= 0.6 is 0 Å². The van der Waals surface area contributed by atoms with E-state index in [1.807, 2.05) is 68.4 Å². The van der Waals surface area contributed by atoms with E-state index in [4.69, 9.17) is 0 Å². The van der Waals surface area contributed by atoms with Gasteiger partial charge >= 0.3 is 6.18 Å². The van der Waals surface area contributed by atoms with Crippen molar-refractivity contribution in [2.24, 2.45) is 11.8 Å². The Morgan fingerprint density at radius 2 is 1.83 bits per heavy atom. The third-order valence-electron chi connectivity index (χ3n) is 5.39. The van der Waals surface area contributed by atoms with E-state index >= 15 is 0 Å². The SMILES string of the molecule is Cc1cc(N(C)C)ccc1NC(=O)C1CN(Cc2ccccc2)CC1C(F)(F)F. The van der Waals surface area contributed by atoms with Gasteiger partial charge in [0.25, 0.3) is 0 Å². The van der Waals surface area contributed by atoms with Crippen LogP contribution < -0.4 is 10.2 Å². The summed E-state index contributed by atoms with van der Waals surface area (Å²) in [4.78, 5) is 16.4. The number of nitrogens with one attached hydrogen (secondary N) is 1. The average Bonchev–Trinajstić information content (AvgIpc) is 3.08. The molecule has 2 unspecified atom stereocenters. The molecule has 1 heterocycles. The van der Waals surface area contributed by atoms with Crippen LogP contribution in [-0.2, 0) is 11.3 Å². The second-order valence-electron chi connectivity index (χ2n) is 7.82. The summed E-state index contributed by atoms with van der Waals surface area (Å²) in [6.45, 7) is 2.14. The van der Waals surface area contributed by atoms with Crippen molar-refractivity contribution in [1.29, 1.82) is 0 Å². The van der Waals surface area contributed by atoms with Crippen molar-refractivity contribution in [2.45, 2.75) is 19.6 Å². The van der Waals surface area contributed by atoms with Gasteiger partial charge in [0.1, 0.15) is 0 Å². The van der Waals surface area contributed by atoms with E-state index in [9.17, 15) is 18.0 Å². The van der Waals surface area contributed by atoms with Gasteiger partial charge in [-0.1, -0.05) is 30.3 Å². The summed E-state index contributed by atoms with van der Waals surface area (Å²) in [5.74, 6) is -3.39. The smallest absolute Gasteiger partial charge is 0.378 e. The van der Waals surface area contributed by atoms with E-state index in [1.165, 1.54) is 0 Å². The maximum absolute atomic E-state index is 13.6. The van der Waals surface area contributed by atoms with E-state index in [2.05, 4.69) is 5.32 Å². The minimum absolute atomic E-state index is 0.0831. The quantitative estimate of drug-likeness (QED) is 0.805. The fraction of sp³-hybridized carbons (Fsp3) is 0.409. The van der Waals surface area contributed by atoms with Gasteiger partial charge in [0.15, 0.2) is 0 Å². The molecular weight excluding hydrogens is 379 g/mol. The van der Waals surface area contributed by atoms with Crippen molar-refractivity contribution in [1.82, 2.24) is 4.90 Å². The van der Waals surface area contributed by atoms with Crippen molar-refractivity contribution in [2.75, 3.05) is 37.4 Å². The summed E-state index contributed by atoms with van der Waals surface area (Å²) in [5.41, 5.74) is 3.25. The van der Waals surface area contributed by atoms with Crippen LogP contribution in [0.2, 0.25) is 0 Å². The van der Waals surface area contributed by atoms with Crippen LogP contribution in [0.3, 0.4) is 0 Å². The second-order valence-corrected chi connectivity index (χ2v) is 7.82. The number of aryl methyl sites for hydroxylation is 1. The van der Waals surface area contributed by atoms with Crippen molar-refractivity contribution in [3.63, 3.8) is 0 Å². The molecule has 0 aromatic heterocycles. The predicted octanol–water partition coefficient (Wildman–Crippen LogP) is 4.31.